The Morgan fingerprint density at radius 3 is 2.30 bits per heavy atom. The first-order chi connectivity index (χ1) is 10.8. The van der Waals surface area contributed by atoms with E-state index >= 15 is 0 Å². The van der Waals surface area contributed by atoms with Crippen molar-refractivity contribution in [2.24, 2.45) is 0 Å². The Kier molecular flexibility index (Phi) is 3.96. The van der Waals surface area contributed by atoms with Crippen LogP contribution in [0.1, 0.15) is 39.2 Å². The molecule has 4 heteroatoms. The number of benzene rings is 1. The zero-order chi connectivity index (χ0) is 16.7. The van der Waals surface area contributed by atoms with E-state index < -0.39 is 5.60 Å². The average molecular weight is 314 g/mol. The van der Waals surface area contributed by atoms with Crippen molar-refractivity contribution in [3.63, 3.8) is 0 Å². The van der Waals surface area contributed by atoms with E-state index in [1.807, 2.05) is 26.8 Å². The van der Waals surface area contributed by atoms with E-state index in [9.17, 15) is 4.79 Å². The largest absolute Gasteiger partial charge is 0.436 e. The molecule has 124 valence electrons. The van der Waals surface area contributed by atoms with Crippen LogP contribution in [0.4, 0.5) is 4.79 Å². The highest BCUT2D eigenvalue weighted by Crippen LogP contribution is 2.43. The van der Waals surface area contributed by atoms with E-state index in [1.54, 1.807) is 4.90 Å². The molecule has 2 heterocycles. The lowest BCUT2D eigenvalue weighted by atomic mass is 9.87. The van der Waals surface area contributed by atoms with Gasteiger partial charge in [0.1, 0.15) is 0 Å². The molecule has 0 saturated carbocycles. The predicted molar refractivity (Wildman–Crippen MR) is 90.9 cm³/mol. The minimum absolute atomic E-state index is 0.251. The third-order valence-corrected chi connectivity index (χ3v) is 4.84. The summed E-state index contributed by atoms with van der Waals surface area (Å²) in [5.74, 6) is 0. The number of piperidine rings is 1. The molecule has 0 radical (unpaired) electrons. The molecule has 0 aliphatic carbocycles. The van der Waals surface area contributed by atoms with E-state index in [2.05, 4.69) is 35.7 Å². The smallest absolute Gasteiger partial charge is 0.415 e. The van der Waals surface area contributed by atoms with Gasteiger partial charge in [-0.05, 0) is 26.3 Å². The van der Waals surface area contributed by atoms with Crippen LogP contribution in [0.15, 0.2) is 42.6 Å². The Morgan fingerprint density at radius 2 is 1.78 bits per heavy atom. The fourth-order valence-corrected chi connectivity index (χ4v) is 3.57. The molecule has 0 unspecified atom stereocenters. The molecule has 1 aromatic rings. The lowest BCUT2D eigenvalue weighted by Gasteiger charge is -2.39. The topological polar surface area (TPSA) is 32.8 Å². The van der Waals surface area contributed by atoms with Gasteiger partial charge in [0.25, 0.3) is 0 Å². The molecule has 1 spiro atoms. The Morgan fingerprint density at radius 1 is 1.17 bits per heavy atom. The second-order valence-electron chi connectivity index (χ2n) is 7.58. The van der Waals surface area contributed by atoms with Gasteiger partial charge in [0.05, 0.1) is 5.70 Å². The van der Waals surface area contributed by atoms with Gasteiger partial charge < -0.3 is 4.74 Å². The molecule has 1 amide bonds. The molecule has 2 saturated heterocycles. The van der Waals surface area contributed by atoms with Crippen LogP contribution in [0.3, 0.4) is 0 Å². The first-order valence-corrected chi connectivity index (χ1v) is 8.31. The van der Waals surface area contributed by atoms with E-state index in [0.29, 0.717) is 0 Å². The zero-order valence-electron chi connectivity index (χ0n) is 14.3. The molecule has 0 atom stereocenters. The molecule has 23 heavy (non-hydrogen) atoms. The van der Waals surface area contributed by atoms with Gasteiger partial charge in [0.15, 0.2) is 5.60 Å². The molecular formula is C19H26N2O2. The van der Waals surface area contributed by atoms with Crippen LogP contribution in [0.5, 0.6) is 0 Å². The van der Waals surface area contributed by atoms with Crippen molar-refractivity contribution < 1.29 is 9.53 Å². The van der Waals surface area contributed by atoms with Gasteiger partial charge in [-0.3, -0.25) is 9.80 Å². The van der Waals surface area contributed by atoms with E-state index in [-0.39, 0.29) is 11.6 Å². The first-order valence-electron chi connectivity index (χ1n) is 8.31. The highest BCUT2D eigenvalue weighted by molar-refractivity contribution is 5.76. The highest BCUT2D eigenvalue weighted by atomic mass is 16.6. The van der Waals surface area contributed by atoms with Crippen molar-refractivity contribution in [1.29, 1.82) is 0 Å². The van der Waals surface area contributed by atoms with Crippen LogP contribution in [-0.4, -0.2) is 40.1 Å². The summed E-state index contributed by atoms with van der Waals surface area (Å²) in [6, 6.07) is 10.5. The third-order valence-electron chi connectivity index (χ3n) is 4.84. The second-order valence-corrected chi connectivity index (χ2v) is 7.58. The lowest BCUT2D eigenvalue weighted by Crippen LogP contribution is -2.47. The minimum atomic E-state index is -0.502. The van der Waals surface area contributed by atoms with Crippen molar-refractivity contribution >= 4 is 6.09 Å². The van der Waals surface area contributed by atoms with Gasteiger partial charge in [0, 0.05) is 38.0 Å². The van der Waals surface area contributed by atoms with Crippen molar-refractivity contribution in [3.8, 4) is 0 Å². The maximum atomic E-state index is 12.3. The van der Waals surface area contributed by atoms with Crippen LogP contribution < -0.4 is 0 Å². The molecule has 0 N–H and O–H groups in total. The molecular weight excluding hydrogens is 288 g/mol. The first kappa shape index (κ1) is 16.1. The number of likely N-dealkylation sites (tertiary alicyclic amines) is 1. The normalized spacial score (nSPS) is 21.8. The number of nitrogens with zero attached hydrogens (tertiary/aromatic N) is 2. The van der Waals surface area contributed by atoms with Gasteiger partial charge >= 0.3 is 6.09 Å². The number of rotatable bonds is 2. The van der Waals surface area contributed by atoms with Gasteiger partial charge in [-0.1, -0.05) is 36.9 Å². The summed E-state index contributed by atoms with van der Waals surface area (Å²) in [6.07, 6.45) is 1.38. The summed E-state index contributed by atoms with van der Waals surface area (Å²) in [6.45, 7) is 13.0. The Balaban J connectivity index is 1.67. The summed E-state index contributed by atoms with van der Waals surface area (Å²) in [4.78, 5) is 16.4. The van der Waals surface area contributed by atoms with Crippen LogP contribution >= 0.6 is 0 Å². The van der Waals surface area contributed by atoms with Crippen molar-refractivity contribution in [2.45, 2.75) is 51.3 Å². The van der Waals surface area contributed by atoms with Gasteiger partial charge in [-0.15, -0.1) is 0 Å². The fourth-order valence-electron chi connectivity index (χ4n) is 3.57. The number of ether oxygens (including phenoxy) is 1. The van der Waals surface area contributed by atoms with Crippen LogP contribution in [0.2, 0.25) is 0 Å². The summed E-state index contributed by atoms with van der Waals surface area (Å²) in [5.41, 5.74) is 1.35. The molecule has 0 aromatic heterocycles. The van der Waals surface area contributed by atoms with E-state index in [4.69, 9.17) is 4.74 Å². The maximum absolute atomic E-state index is 12.3. The third kappa shape index (κ3) is 3.00. The predicted octanol–water partition coefficient (Wildman–Crippen LogP) is 3.79. The SMILES string of the molecule is C=C1N(C(C)(C)C)C(=O)OC12CCN(Cc1ccccc1)CC2. The van der Waals surface area contributed by atoms with E-state index in [0.717, 1.165) is 38.2 Å². The second kappa shape index (κ2) is 5.68. The quantitative estimate of drug-likeness (QED) is 0.832. The zero-order valence-corrected chi connectivity index (χ0v) is 14.3. The number of hydrogen-bond acceptors (Lipinski definition) is 3. The monoisotopic (exact) mass is 314 g/mol. The molecule has 3 rings (SSSR count). The summed E-state index contributed by atoms with van der Waals surface area (Å²) < 4.78 is 5.80. The van der Waals surface area contributed by atoms with E-state index in [1.165, 1.54) is 5.56 Å². The standard InChI is InChI=1S/C19H26N2O2/c1-15-19(23-17(22)21(15)18(2,3)4)10-12-20(13-11-19)14-16-8-6-5-7-9-16/h5-9H,1,10-14H2,2-4H3. The van der Waals surface area contributed by atoms with Crippen molar-refractivity contribution in [3.05, 3.63) is 48.2 Å². The van der Waals surface area contributed by atoms with Crippen LogP contribution in [0.25, 0.3) is 0 Å². The highest BCUT2D eigenvalue weighted by Gasteiger charge is 2.53. The molecule has 2 aliphatic rings. The number of amides is 1. The molecule has 0 bridgehead atoms. The summed E-state index contributed by atoms with van der Waals surface area (Å²) in [5, 5.41) is 0. The van der Waals surface area contributed by atoms with Crippen molar-refractivity contribution in [1.82, 2.24) is 9.80 Å². The van der Waals surface area contributed by atoms with Crippen molar-refractivity contribution in [2.75, 3.05) is 13.1 Å². The molecule has 2 fully saturated rings. The molecule has 4 nitrogen and oxygen atoms in total. The van der Waals surface area contributed by atoms with Crippen LogP contribution in [-0.2, 0) is 11.3 Å². The number of carbonyl (C=O) groups is 1. The summed E-state index contributed by atoms with van der Waals surface area (Å²) >= 11 is 0. The maximum Gasteiger partial charge on any atom is 0.415 e. The number of hydrogen-bond donors (Lipinski definition) is 0. The number of carbonyl (C=O) groups excluding carboxylic acids is 1. The Bertz CT molecular complexity index is 596. The average Bonchev–Trinajstić information content (AvgIpc) is 2.73. The fraction of sp³-hybridized carbons (Fsp3) is 0.526. The van der Waals surface area contributed by atoms with Gasteiger partial charge in [-0.2, -0.15) is 0 Å². The molecule has 1 aromatic carbocycles. The van der Waals surface area contributed by atoms with Gasteiger partial charge in [0.2, 0.25) is 0 Å². The minimum Gasteiger partial charge on any atom is -0.436 e. The van der Waals surface area contributed by atoms with Crippen LogP contribution in [0, 0.1) is 0 Å². The Hall–Kier alpha value is -1.81. The summed E-state index contributed by atoms with van der Waals surface area (Å²) in [7, 11) is 0. The Labute approximate surface area is 138 Å². The lowest BCUT2D eigenvalue weighted by molar-refractivity contribution is 0.0125. The van der Waals surface area contributed by atoms with Gasteiger partial charge in [-0.25, -0.2) is 4.79 Å². The molecule has 2 aliphatic heterocycles.